The van der Waals surface area contributed by atoms with Gasteiger partial charge in [-0.05, 0) is 24.6 Å². The second-order valence-corrected chi connectivity index (χ2v) is 5.59. The van der Waals surface area contributed by atoms with Gasteiger partial charge >= 0.3 is 0 Å². The van der Waals surface area contributed by atoms with Crippen molar-refractivity contribution < 1.29 is 14.3 Å². The Labute approximate surface area is 147 Å². The number of anilines is 1. The molecule has 1 N–H and O–H groups in total. The van der Waals surface area contributed by atoms with Crippen molar-refractivity contribution in [3.8, 4) is 11.5 Å². The van der Waals surface area contributed by atoms with E-state index in [0.717, 1.165) is 12.8 Å². The third kappa shape index (κ3) is 5.67. The van der Waals surface area contributed by atoms with Gasteiger partial charge in [0.1, 0.15) is 11.5 Å². The van der Waals surface area contributed by atoms with Gasteiger partial charge in [-0.1, -0.05) is 19.4 Å². The number of hydrogen-bond donors (Lipinski definition) is 1. The first-order valence-electron chi connectivity index (χ1n) is 8.40. The number of hydrogen-bond acceptors (Lipinski definition) is 4. The van der Waals surface area contributed by atoms with Gasteiger partial charge in [-0.3, -0.25) is 9.59 Å². The number of rotatable bonds is 9. The van der Waals surface area contributed by atoms with Crippen molar-refractivity contribution in [3.63, 3.8) is 0 Å². The molecule has 6 nitrogen and oxygen atoms in total. The minimum absolute atomic E-state index is 0.125. The fourth-order valence-electron chi connectivity index (χ4n) is 2.27. The van der Waals surface area contributed by atoms with Crippen LogP contribution in [0.25, 0.3) is 0 Å². The Morgan fingerprint density at radius 1 is 1.24 bits per heavy atom. The minimum Gasteiger partial charge on any atom is -0.497 e. The van der Waals surface area contributed by atoms with Crippen molar-refractivity contribution in [2.24, 2.45) is 0 Å². The quantitative estimate of drug-likeness (QED) is 0.710. The highest BCUT2D eigenvalue weighted by molar-refractivity contribution is 5.92. The molecule has 0 atom stereocenters. The molecular weight excluding hydrogens is 320 g/mol. The molecule has 25 heavy (non-hydrogen) atoms. The highest BCUT2D eigenvalue weighted by Crippen LogP contribution is 2.29. The number of amides is 1. The topological polar surface area (TPSA) is 69.6 Å². The van der Waals surface area contributed by atoms with Gasteiger partial charge in [0.05, 0.1) is 19.4 Å². The summed E-state index contributed by atoms with van der Waals surface area (Å²) in [6, 6.07) is 10.2. The molecule has 0 unspecified atom stereocenters. The maximum atomic E-state index is 12.3. The largest absolute Gasteiger partial charge is 0.497 e. The number of aromatic nitrogens is 1. The number of aryl methyl sites for hydroxylation is 1. The molecule has 0 aliphatic rings. The summed E-state index contributed by atoms with van der Waals surface area (Å²) >= 11 is 0. The summed E-state index contributed by atoms with van der Waals surface area (Å²) in [6.45, 7) is 3.00. The van der Waals surface area contributed by atoms with Crippen molar-refractivity contribution in [1.29, 1.82) is 0 Å². The molecule has 0 saturated carbocycles. The molecule has 2 aromatic rings. The molecule has 0 aliphatic heterocycles. The van der Waals surface area contributed by atoms with Crippen molar-refractivity contribution in [2.75, 3.05) is 19.0 Å². The summed E-state index contributed by atoms with van der Waals surface area (Å²) in [6.07, 6.45) is 3.83. The van der Waals surface area contributed by atoms with Crippen LogP contribution in [-0.2, 0) is 11.3 Å². The second-order valence-electron chi connectivity index (χ2n) is 5.59. The molecule has 0 spiro atoms. The zero-order valence-corrected chi connectivity index (χ0v) is 14.7. The average Bonchev–Trinajstić information content (AvgIpc) is 2.62. The van der Waals surface area contributed by atoms with Crippen molar-refractivity contribution in [3.05, 3.63) is 52.9 Å². The van der Waals surface area contributed by atoms with E-state index in [1.807, 2.05) is 0 Å². The van der Waals surface area contributed by atoms with Gasteiger partial charge < -0.3 is 19.4 Å². The number of ether oxygens (including phenoxy) is 2. The molecule has 6 heteroatoms. The number of methoxy groups -OCH3 is 1. The summed E-state index contributed by atoms with van der Waals surface area (Å²) in [5.74, 6) is 1.06. The van der Waals surface area contributed by atoms with Crippen LogP contribution in [0.2, 0.25) is 0 Å². The molecule has 0 aliphatic carbocycles. The third-order valence-electron chi connectivity index (χ3n) is 3.70. The van der Waals surface area contributed by atoms with Crippen molar-refractivity contribution in [2.45, 2.75) is 32.7 Å². The van der Waals surface area contributed by atoms with Crippen molar-refractivity contribution in [1.82, 2.24) is 4.57 Å². The first-order valence-corrected chi connectivity index (χ1v) is 8.40. The molecule has 1 amide bonds. The third-order valence-corrected chi connectivity index (χ3v) is 3.70. The highest BCUT2D eigenvalue weighted by Gasteiger charge is 2.10. The Kier molecular flexibility index (Phi) is 7.07. The SMILES string of the molecule is CCCCOc1ccc(OC)cc1NC(=O)CCn1ccccc1=O. The van der Waals surface area contributed by atoms with Crippen LogP contribution in [0.3, 0.4) is 0 Å². The van der Waals surface area contributed by atoms with E-state index in [0.29, 0.717) is 30.3 Å². The zero-order chi connectivity index (χ0) is 18.1. The summed E-state index contributed by atoms with van der Waals surface area (Å²) < 4.78 is 12.4. The number of benzene rings is 1. The van der Waals surface area contributed by atoms with Gasteiger partial charge in [-0.15, -0.1) is 0 Å². The molecule has 1 heterocycles. The van der Waals surface area contributed by atoms with E-state index in [1.165, 1.54) is 10.6 Å². The predicted octanol–water partition coefficient (Wildman–Crippen LogP) is 3.06. The van der Waals surface area contributed by atoms with Crippen LogP contribution in [0.4, 0.5) is 5.69 Å². The maximum Gasteiger partial charge on any atom is 0.250 e. The number of carbonyl (C=O) groups is 1. The Morgan fingerprint density at radius 2 is 2.08 bits per heavy atom. The predicted molar refractivity (Wildman–Crippen MR) is 97.3 cm³/mol. The van der Waals surface area contributed by atoms with E-state index in [-0.39, 0.29) is 17.9 Å². The molecule has 0 fully saturated rings. The smallest absolute Gasteiger partial charge is 0.250 e. The Morgan fingerprint density at radius 3 is 2.80 bits per heavy atom. The lowest BCUT2D eigenvalue weighted by Gasteiger charge is -2.14. The molecule has 1 aromatic heterocycles. The molecule has 1 aromatic carbocycles. The maximum absolute atomic E-state index is 12.3. The lowest BCUT2D eigenvalue weighted by atomic mass is 10.2. The Balaban J connectivity index is 2.02. The second kappa shape index (κ2) is 9.52. The number of carbonyl (C=O) groups excluding carboxylic acids is 1. The Bertz CT molecular complexity index is 755. The van der Waals surface area contributed by atoms with Crippen LogP contribution < -0.4 is 20.3 Å². The van der Waals surface area contributed by atoms with E-state index in [1.54, 1.807) is 43.6 Å². The van der Waals surface area contributed by atoms with E-state index in [9.17, 15) is 9.59 Å². The fourth-order valence-corrected chi connectivity index (χ4v) is 2.27. The van der Waals surface area contributed by atoms with Crippen LogP contribution in [0.15, 0.2) is 47.4 Å². The molecule has 2 rings (SSSR count). The van der Waals surface area contributed by atoms with Crippen LogP contribution in [0.5, 0.6) is 11.5 Å². The fraction of sp³-hybridized carbons (Fsp3) is 0.368. The van der Waals surface area contributed by atoms with Gasteiger partial charge in [0.25, 0.3) is 5.56 Å². The van der Waals surface area contributed by atoms with E-state index >= 15 is 0 Å². The van der Waals surface area contributed by atoms with Gasteiger partial charge in [-0.2, -0.15) is 0 Å². The van der Waals surface area contributed by atoms with E-state index in [4.69, 9.17) is 9.47 Å². The number of nitrogens with one attached hydrogen (secondary N) is 1. The van der Waals surface area contributed by atoms with Crippen LogP contribution in [-0.4, -0.2) is 24.2 Å². The lowest BCUT2D eigenvalue weighted by molar-refractivity contribution is -0.116. The number of pyridine rings is 1. The summed E-state index contributed by atoms with van der Waals surface area (Å²) in [5.41, 5.74) is 0.445. The number of unbranched alkanes of at least 4 members (excludes halogenated alkanes) is 1. The summed E-state index contributed by atoms with van der Waals surface area (Å²) in [7, 11) is 1.57. The summed E-state index contributed by atoms with van der Waals surface area (Å²) in [5, 5.41) is 2.84. The lowest BCUT2D eigenvalue weighted by Crippen LogP contribution is -2.22. The first kappa shape index (κ1) is 18.6. The molecule has 134 valence electrons. The normalized spacial score (nSPS) is 10.3. The van der Waals surface area contributed by atoms with Gasteiger partial charge in [0, 0.05) is 31.3 Å². The molecular formula is C19H24N2O4. The summed E-state index contributed by atoms with van der Waals surface area (Å²) in [4.78, 5) is 23.9. The monoisotopic (exact) mass is 344 g/mol. The highest BCUT2D eigenvalue weighted by atomic mass is 16.5. The van der Waals surface area contributed by atoms with Gasteiger partial charge in [0.15, 0.2) is 0 Å². The average molecular weight is 344 g/mol. The molecule has 0 saturated heterocycles. The van der Waals surface area contributed by atoms with Gasteiger partial charge in [-0.25, -0.2) is 0 Å². The van der Waals surface area contributed by atoms with E-state index in [2.05, 4.69) is 12.2 Å². The minimum atomic E-state index is -0.190. The Hall–Kier alpha value is -2.76. The molecule has 0 radical (unpaired) electrons. The van der Waals surface area contributed by atoms with Crippen molar-refractivity contribution >= 4 is 11.6 Å². The first-order chi connectivity index (χ1) is 12.1. The van der Waals surface area contributed by atoms with Crippen LogP contribution >= 0.6 is 0 Å². The number of nitrogens with zero attached hydrogens (tertiary/aromatic N) is 1. The standard InChI is InChI=1S/C19H24N2O4/c1-3-4-13-25-17-9-8-15(24-2)14-16(17)20-18(22)10-12-21-11-6-5-7-19(21)23/h5-9,11,14H,3-4,10,12-13H2,1-2H3,(H,20,22). The van der Waals surface area contributed by atoms with Crippen LogP contribution in [0.1, 0.15) is 26.2 Å². The zero-order valence-electron chi connectivity index (χ0n) is 14.7. The van der Waals surface area contributed by atoms with E-state index < -0.39 is 0 Å². The molecule has 0 bridgehead atoms. The van der Waals surface area contributed by atoms with Crippen LogP contribution in [0, 0.1) is 0 Å². The van der Waals surface area contributed by atoms with Gasteiger partial charge in [0.2, 0.25) is 5.91 Å².